The van der Waals surface area contributed by atoms with Crippen molar-refractivity contribution in [2.45, 2.75) is 6.92 Å². The molecule has 4 nitrogen and oxygen atoms in total. The van der Waals surface area contributed by atoms with Crippen molar-refractivity contribution in [2.24, 2.45) is 15.2 Å². The van der Waals surface area contributed by atoms with Gasteiger partial charge in [0, 0.05) is 11.4 Å². The number of nitrogens with zero attached hydrogens (tertiary/aromatic N) is 3. The Morgan fingerprint density at radius 1 is 0.808 bits per heavy atom. The van der Waals surface area contributed by atoms with Crippen molar-refractivity contribution in [3.63, 3.8) is 0 Å². The predicted molar refractivity (Wildman–Crippen MR) is 106 cm³/mol. The molecule has 0 heterocycles. The molecule has 0 unspecified atom stereocenters. The van der Waals surface area contributed by atoms with Gasteiger partial charge in [-0.15, -0.1) is 10.2 Å². The van der Waals surface area contributed by atoms with E-state index in [1.165, 1.54) is 5.56 Å². The first-order chi connectivity index (χ1) is 12.7. The molecule has 0 aliphatic heterocycles. The topological polar surface area (TPSA) is 46.3 Å². The van der Waals surface area contributed by atoms with E-state index in [4.69, 9.17) is 4.74 Å². The van der Waals surface area contributed by atoms with Crippen LogP contribution in [-0.2, 0) is 0 Å². The Labute approximate surface area is 153 Å². The third-order valence-corrected chi connectivity index (χ3v) is 3.71. The fourth-order valence-corrected chi connectivity index (χ4v) is 2.23. The van der Waals surface area contributed by atoms with Crippen LogP contribution in [0.1, 0.15) is 11.1 Å². The van der Waals surface area contributed by atoms with Gasteiger partial charge in [0.1, 0.15) is 5.75 Å². The van der Waals surface area contributed by atoms with E-state index in [0.29, 0.717) is 5.70 Å². The lowest BCUT2D eigenvalue weighted by atomic mass is 10.2. The van der Waals surface area contributed by atoms with Crippen LogP contribution >= 0.6 is 0 Å². The average molecular weight is 341 g/mol. The van der Waals surface area contributed by atoms with Gasteiger partial charge in [0.2, 0.25) is 0 Å². The number of hydrogen-bond acceptors (Lipinski definition) is 4. The monoisotopic (exact) mass is 341 g/mol. The quantitative estimate of drug-likeness (QED) is 0.407. The van der Waals surface area contributed by atoms with Gasteiger partial charge in [-0.1, -0.05) is 48.0 Å². The lowest BCUT2D eigenvalue weighted by molar-refractivity contribution is 0.415. The first-order valence-corrected chi connectivity index (χ1v) is 8.26. The SMILES string of the molecule is COc1ccc(N=NC(=C=Nc2ccc(C)cc2)c2ccccc2)cc1. The maximum atomic E-state index is 5.16. The second-order valence-electron chi connectivity index (χ2n) is 5.67. The summed E-state index contributed by atoms with van der Waals surface area (Å²) in [6.07, 6.45) is 0. The van der Waals surface area contributed by atoms with Crippen molar-refractivity contribution in [2.75, 3.05) is 7.11 Å². The van der Waals surface area contributed by atoms with Gasteiger partial charge < -0.3 is 4.74 Å². The second kappa shape index (κ2) is 8.56. The highest BCUT2D eigenvalue weighted by Gasteiger charge is 2.00. The Kier molecular flexibility index (Phi) is 5.71. The largest absolute Gasteiger partial charge is 0.497 e. The third-order valence-electron chi connectivity index (χ3n) is 3.71. The van der Waals surface area contributed by atoms with Gasteiger partial charge in [0.25, 0.3) is 0 Å². The Morgan fingerprint density at radius 3 is 2.12 bits per heavy atom. The summed E-state index contributed by atoms with van der Waals surface area (Å²) in [6, 6.07) is 25.1. The molecular weight excluding hydrogens is 322 g/mol. The molecule has 0 amide bonds. The zero-order chi connectivity index (χ0) is 18.2. The van der Waals surface area contributed by atoms with Crippen LogP contribution in [0.4, 0.5) is 11.4 Å². The standard InChI is InChI=1S/C22H19N3O/c1-17-8-10-19(11-9-17)23-16-22(18-6-4-3-5-7-18)25-24-20-12-14-21(26-2)15-13-20/h3-15H,1-2H3. The van der Waals surface area contributed by atoms with Crippen LogP contribution in [0.5, 0.6) is 5.75 Å². The number of ether oxygens (including phenoxy) is 1. The second-order valence-corrected chi connectivity index (χ2v) is 5.67. The van der Waals surface area contributed by atoms with E-state index < -0.39 is 0 Å². The predicted octanol–water partition coefficient (Wildman–Crippen LogP) is 6.13. The van der Waals surface area contributed by atoms with Gasteiger partial charge in [-0.05, 0) is 43.3 Å². The van der Waals surface area contributed by atoms with E-state index in [-0.39, 0.29) is 0 Å². The highest BCUT2D eigenvalue weighted by atomic mass is 16.5. The lowest BCUT2D eigenvalue weighted by Crippen LogP contribution is -1.81. The molecule has 0 aliphatic carbocycles. The molecule has 0 spiro atoms. The average Bonchev–Trinajstić information content (AvgIpc) is 2.70. The molecule has 0 bridgehead atoms. The molecule has 3 aromatic rings. The smallest absolute Gasteiger partial charge is 0.154 e. The van der Waals surface area contributed by atoms with E-state index in [9.17, 15) is 0 Å². The third kappa shape index (κ3) is 4.76. The number of benzene rings is 3. The number of hydrogen-bond donors (Lipinski definition) is 0. The van der Waals surface area contributed by atoms with E-state index >= 15 is 0 Å². The van der Waals surface area contributed by atoms with Crippen LogP contribution in [-0.4, -0.2) is 13.0 Å². The number of rotatable bonds is 5. The zero-order valence-electron chi connectivity index (χ0n) is 14.8. The van der Waals surface area contributed by atoms with Crippen molar-refractivity contribution >= 4 is 22.9 Å². The molecular formula is C22H19N3O. The molecule has 3 rings (SSSR count). The van der Waals surface area contributed by atoms with Crippen LogP contribution in [0, 0.1) is 6.92 Å². The number of methoxy groups -OCH3 is 1. The van der Waals surface area contributed by atoms with Gasteiger partial charge in [-0.25, -0.2) is 4.99 Å². The first kappa shape index (κ1) is 17.3. The molecule has 0 fully saturated rings. The van der Waals surface area contributed by atoms with Gasteiger partial charge in [-0.2, -0.15) is 0 Å². The molecule has 0 saturated heterocycles. The summed E-state index contributed by atoms with van der Waals surface area (Å²) in [5, 5.41) is 8.64. The van der Waals surface area contributed by atoms with Crippen molar-refractivity contribution in [1.29, 1.82) is 0 Å². The maximum Gasteiger partial charge on any atom is 0.154 e. The number of aryl methyl sites for hydroxylation is 1. The van der Waals surface area contributed by atoms with Gasteiger partial charge in [-0.3, -0.25) is 0 Å². The number of aliphatic imine (C=N–C) groups is 1. The molecule has 26 heavy (non-hydrogen) atoms. The van der Waals surface area contributed by atoms with Crippen molar-refractivity contribution < 1.29 is 4.74 Å². The first-order valence-electron chi connectivity index (χ1n) is 8.26. The molecule has 0 N–H and O–H groups in total. The molecule has 3 aromatic carbocycles. The van der Waals surface area contributed by atoms with E-state index in [2.05, 4.69) is 21.1 Å². The fourth-order valence-electron chi connectivity index (χ4n) is 2.23. The van der Waals surface area contributed by atoms with Crippen LogP contribution in [0.25, 0.3) is 5.70 Å². The van der Waals surface area contributed by atoms with Crippen molar-refractivity contribution in [3.05, 3.63) is 90.0 Å². The van der Waals surface area contributed by atoms with Crippen molar-refractivity contribution in [1.82, 2.24) is 0 Å². The molecule has 0 atom stereocenters. The van der Waals surface area contributed by atoms with Gasteiger partial charge >= 0.3 is 0 Å². The van der Waals surface area contributed by atoms with Gasteiger partial charge in [0.05, 0.1) is 18.5 Å². The van der Waals surface area contributed by atoms with Crippen molar-refractivity contribution in [3.8, 4) is 5.75 Å². The summed E-state index contributed by atoms with van der Waals surface area (Å²) in [4.78, 5) is 4.40. The van der Waals surface area contributed by atoms with Crippen LogP contribution in [0.3, 0.4) is 0 Å². The number of azo groups is 1. The highest BCUT2D eigenvalue weighted by molar-refractivity contribution is 5.90. The zero-order valence-corrected chi connectivity index (χ0v) is 14.8. The van der Waals surface area contributed by atoms with E-state index in [0.717, 1.165) is 22.7 Å². The Morgan fingerprint density at radius 2 is 1.46 bits per heavy atom. The summed E-state index contributed by atoms with van der Waals surface area (Å²) in [5.41, 5.74) is 4.22. The van der Waals surface area contributed by atoms with E-state index in [1.54, 1.807) is 7.11 Å². The summed E-state index contributed by atoms with van der Waals surface area (Å²) >= 11 is 0. The summed E-state index contributed by atoms with van der Waals surface area (Å²) in [5.74, 6) is 3.80. The summed E-state index contributed by atoms with van der Waals surface area (Å²) < 4.78 is 5.16. The van der Waals surface area contributed by atoms with Crippen LogP contribution < -0.4 is 4.74 Å². The maximum absolute atomic E-state index is 5.16. The normalized spacial score (nSPS) is 10.4. The summed E-state index contributed by atoms with van der Waals surface area (Å²) in [7, 11) is 1.63. The fraction of sp³-hybridized carbons (Fsp3) is 0.0909. The van der Waals surface area contributed by atoms with Crippen LogP contribution in [0.2, 0.25) is 0 Å². The van der Waals surface area contributed by atoms with E-state index in [1.807, 2.05) is 85.8 Å². The van der Waals surface area contributed by atoms with Gasteiger partial charge in [0.15, 0.2) is 5.70 Å². The minimum absolute atomic E-state index is 0.571. The lowest BCUT2D eigenvalue weighted by Gasteiger charge is -1.99. The molecule has 4 heteroatoms. The summed E-state index contributed by atoms with van der Waals surface area (Å²) in [6.45, 7) is 2.04. The highest BCUT2D eigenvalue weighted by Crippen LogP contribution is 2.21. The Bertz CT molecular complexity index is 937. The van der Waals surface area contributed by atoms with Crippen LogP contribution in [0.15, 0.2) is 94.1 Å². The minimum atomic E-state index is 0.571. The molecule has 0 aromatic heterocycles. The molecule has 0 aliphatic rings. The molecule has 0 radical (unpaired) electrons. The molecule has 128 valence electrons. The minimum Gasteiger partial charge on any atom is -0.497 e. The molecule has 0 saturated carbocycles. The Hall–Kier alpha value is -3.49. The Balaban J connectivity index is 1.94.